The van der Waals surface area contributed by atoms with Crippen molar-refractivity contribution in [3.05, 3.63) is 77.9 Å². The molecule has 0 radical (unpaired) electrons. The predicted octanol–water partition coefficient (Wildman–Crippen LogP) is 3.77. The molecule has 98 valence electrons. The Morgan fingerprint density at radius 1 is 1.05 bits per heavy atom. The third kappa shape index (κ3) is 3.73. The molecule has 0 aliphatic heterocycles. The van der Waals surface area contributed by atoms with Crippen LogP contribution in [0.2, 0.25) is 0 Å². The van der Waals surface area contributed by atoms with E-state index in [9.17, 15) is 8.78 Å². The van der Waals surface area contributed by atoms with Crippen molar-refractivity contribution in [3.8, 4) is 0 Å². The van der Waals surface area contributed by atoms with Crippen molar-refractivity contribution >= 4 is 5.57 Å². The Morgan fingerprint density at radius 2 is 1.79 bits per heavy atom. The molecule has 0 spiro atoms. The fraction of sp³-hybridized carbons (Fsp3) is 0.125. The summed E-state index contributed by atoms with van der Waals surface area (Å²) in [7, 11) is 0. The SMILES string of the molecule is C=C(CNCc1cc(F)ccc1F)c1ccccc1. The van der Waals surface area contributed by atoms with Crippen molar-refractivity contribution in [1.29, 1.82) is 0 Å². The summed E-state index contributed by atoms with van der Waals surface area (Å²) in [5, 5.41) is 3.06. The second-order valence-corrected chi connectivity index (χ2v) is 4.31. The fourth-order valence-electron chi connectivity index (χ4n) is 1.80. The van der Waals surface area contributed by atoms with Crippen molar-refractivity contribution in [2.45, 2.75) is 6.54 Å². The van der Waals surface area contributed by atoms with Gasteiger partial charge in [-0.3, -0.25) is 0 Å². The van der Waals surface area contributed by atoms with Gasteiger partial charge in [-0.05, 0) is 29.3 Å². The molecular weight excluding hydrogens is 244 g/mol. The summed E-state index contributed by atoms with van der Waals surface area (Å²) >= 11 is 0. The maximum absolute atomic E-state index is 13.4. The van der Waals surface area contributed by atoms with Crippen LogP contribution in [0.15, 0.2) is 55.1 Å². The van der Waals surface area contributed by atoms with E-state index in [1.807, 2.05) is 30.3 Å². The van der Waals surface area contributed by atoms with E-state index >= 15 is 0 Å². The van der Waals surface area contributed by atoms with Gasteiger partial charge in [0.25, 0.3) is 0 Å². The fourth-order valence-corrected chi connectivity index (χ4v) is 1.80. The molecule has 0 saturated carbocycles. The van der Waals surface area contributed by atoms with E-state index < -0.39 is 11.6 Å². The summed E-state index contributed by atoms with van der Waals surface area (Å²) in [6.07, 6.45) is 0. The topological polar surface area (TPSA) is 12.0 Å². The van der Waals surface area contributed by atoms with Gasteiger partial charge >= 0.3 is 0 Å². The van der Waals surface area contributed by atoms with Gasteiger partial charge in [-0.15, -0.1) is 0 Å². The Labute approximate surface area is 111 Å². The zero-order valence-electron chi connectivity index (χ0n) is 10.5. The van der Waals surface area contributed by atoms with E-state index in [-0.39, 0.29) is 6.54 Å². The molecule has 3 heteroatoms. The lowest BCUT2D eigenvalue weighted by atomic mass is 10.1. The molecule has 0 bridgehead atoms. The van der Waals surface area contributed by atoms with Gasteiger partial charge in [-0.2, -0.15) is 0 Å². The molecule has 2 aromatic rings. The predicted molar refractivity (Wildman–Crippen MR) is 73.5 cm³/mol. The highest BCUT2D eigenvalue weighted by Gasteiger charge is 2.04. The summed E-state index contributed by atoms with van der Waals surface area (Å²) < 4.78 is 26.4. The molecule has 2 aromatic carbocycles. The average Bonchev–Trinajstić information content (AvgIpc) is 2.43. The number of halogens is 2. The number of hydrogen-bond acceptors (Lipinski definition) is 1. The van der Waals surface area contributed by atoms with E-state index in [0.717, 1.165) is 23.3 Å². The first-order valence-electron chi connectivity index (χ1n) is 6.04. The van der Waals surface area contributed by atoms with Gasteiger partial charge in [0.2, 0.25) is 0 Å². The minimum atomic E-state index is -0.430. The maximum atomic E-state index is 13.4. The largest absolute Gasteiger partial charge is 0.309 e. The van der Waals surface area contributed by atoms with Gasteiger partial charge in [0.1, 0.15) is 11.6 Å². The van der Waals surface area contributed by atoms with Crippen molar-refractivity contribution in [3.63, 3.8) is 0 Å². The molecule has 0 atom stereocenters. The lowest BCUT2D eigenvalue weighted by Crippen LogP contribution is -2.16. The van der Waals surface area contributed by atoms with Crippen LogP contribution in [-0.4, -0.2) is 6.54 Å². The number of hydrogen-bond donors (Lipinski definition) is 1. The Balaban J connectivity index is 1.90. The van der Waals surface area contributed by atoms with Crippen LogP contribution in [0, 0.1) is 11.6 Å². The van der Waals surface area contributed by atoms with Gasteiger partial charge in [0.15, 0.2) is 0 Å². The highest BCUT2D eigenvalue weighted by atomic mass is 19.1. The highest BCUT2D eigenvalue weighted by molar-refractivity contribution is 5.64. The molecule has 0 aliphatic carbocycles. The average molecular weight is 259 g/mol. The molecule has 0 unspecified atom stereocenters. The Bertz CT molecular complexity index is 564. The quantitative estimate of drug-likeness (QED) is 0.862. The molecule has 0 heterocycles. The lowest BCUT2D eigenvalue weighted by Gasteiger charge is -2.09. The minimum Gasteiger partial charge on any atom is -0.309 e. The van der Waals surface area contributed by atoms with Crippen LogP contribution in [0.4, 0.5) is 8.78 Å². The number of benzene rings is 2. The molecule has 0 amide bonds. The molecule has 0 fully saturated rings. The van der Waals surface area contributed by atoms with Gasteiger partial charge in [-0.1, -0.05) is 36.9 Å². The van der Waals surface area contributed by atoms with E-state index in [1.165, 1.54) is 6.07 Å². The zero-order chi connectivity index (χ0) is 13.7. The van der Waals surface area contributed by atoms with E-state index in [2.05, 4.69) is 11.9 Å². The first kappa shape index (κ1) is 13.4. The van der Waals surface area contributed by atoms with Crippen molar-refractivity contribution in [1.82, 2.24) is 5.32 Å². The smallest absolute Gasteiger partial charge is 0.127 e. The highest BCUT2D eigenvalue weighted by Crippen LogP contribution is 2.12. The van der Waals surface area contributed by atoms with Gasteiger partial charge in [-0.25, -0.2) is 8.78 Å². The monoisotopic (exact) mass is 259 g/mol. The molecule has 19 heavy (non-hydrogen) atoms. The molecular formula is C16H15F2N. The number of rotatable bonds is 5. The normalized spacial score (nSPS) is 10.4. The van der Waals surface area contributed by atoms with Crippen LogP contribution in [0.3, 0.4) is 0 Å². The zero-order valence-corrected chi connectivity index (χ0v) is 10.5. The molecule has 1 N–H and O–H groups in total. The van der Waals surface area contributed by atoms with E-state index in [0.29, 0.717) is 12.1 Å². The Kier molecular flexibility index (Phi) is 4.42. The third-order valence-corrected chi connectivity index (χ3v) is 2.84. The van der Waals surface area contributed by atoms with Crippen LogP contribution in [0.25, 0.3) is 5.57 Å². The van der Waals surface area contributed by atoms with Crippen LogP contribution in [-0.2, 0) is 6.54 Å². The summed E-state index contributed by atoms with van der Waals surface area (Å²) in [6, 6.07) is 13.2. The van der Waals surface area contributed by atoms with Crippen LogP contribution in [0.1, 0.15) is 11.1 Å². The van der Waals surface area contributed by atoms with Crippen molar-refractivity contribution in [2.75, 3.05) is 6.54 Å². The van der Waals surface area contributed by atoms with Crippen molar-refractivity contribution < 1.29 is 8.78 Å². The van der Waals surface area contributed by atoms with Gasteiger partial charge < -0.3 is 5.32 Å². The number of nitrogens with one attached hydrogen (secondary N) is 1. The molecule has 0 aromatic heterocycles. The Morgan fingerprint density at radius 3 is 2.53 bits per heavy atom. The van der Waals surface area contributed by atoms with Gasteiger partial charge in [0.05, 0.1) is 0 Å². The van der Waals surface area contributed by atoms with Gasteiger partial charge in [0, 0.05) is 18.7 Å². The first-order valence-corrected chi connectivity index (χ1v) is 6.04. The summed E-state index contributed by atoms with van der Waals surface area (Å²) in [5.74, 6) is -0.834. The van der Waals surface area contributed by atoms with E-state index in [4.69, 9.17) is 0 Å². The molecule has 1 nitrogen and oxygen atoms in total. The van der Waals surface area contributed by atoms with Crippen molar-refractivity contribution in [2.24, 2.45) is 0 Å². The summed E-state index contributed by atoms with van der Waals surface area (Å²) in [6.45, 7) is 4.77. The lowest BCUT2D eigenvalue weighted by molar-refractivity contribution is 0.575. The minimum absolute atomic E-state index is 0.273. The Hall–Kier alpha value is -2.00. The van der Waals surface area contributed by atoms with Crippen LogP contribution >= 0.6 is 0 Å². The molecule has 2 rings (SSSR count). The standard InChI is InChI=1S/C16H15F2N/c1-12(13-5-3-2-4-6-13)10-19-11-14-9-15(17)7-8-16(14)18/h2-9,19H,1,10-11H2. The summed E-state index contributed by atoms with van der Waals surface area (Å²) in [4.78, 5) is 0. The van der Waals surface area contributed by atoms with Crippen LogP contribution in [0.5, 0.6) is 0 Å². The molecule has 0 saturated heterocycles. The molecule has 0 aliphatic rings. The van der Waals surface area contributed by atoms with Crippen LogP contribution < -0.4 is 5.32 Å². The first-order chi connectivity index (χ1) is 9.16. The second-order valence-electron chi connectivity index (χ2n) is 4.31. The third-order valence-electron chi connectivity index (χ3n) is 2.84. The second kappa shape index (κ2) is 6.25. The summed E-state index contributed by atoms with van der Waals surface area (Å²) in [5.41, 5.74) is 2.27. The van der Waals surface area contributed by atoms with E-state index in [1.54, 1.807) is 0 Å². The maximum Gasteiger partial charge on any atom is 0.127 e.